The van der Waals surface area contributed by atoms with Gasteiger partial charge in [-0.1, -0.05) is 13.8 Å². The molecule has 0 fully saturated rings. The summed E-state index contributed by atoms with van der Waals surface area (Å²) in [5.41, 5.74) is -0.461. The second-order valence-electron chi connectivity index (χ2n) is 4.61. The Labute approximate surface area is 106 Å². The second-order valence-corrected chi connectivity index (χ2v) is 4.61. The molecular formula is C12H19N3O3. The number of aromatic nitrogens is 2. The standard InChI is InChI=1S/C12H19N3O3/c1-9(2)6-10(8-16)14-11(17)7-15-5-3-4-13-12(15)18/h3-5,9-10,16H,6-8H2,1-2H3,(H,14,17). The number of nitrogens with one attached hydrogen (secondary N) is 1. The molecule has 0 aliphatic heterocycles. The van der Waals surface area contributed by atoms with Crippen LogP contribution >= 0.6 is 0 Å². The summed E-state index contributed by atoms with van der Waals surface area (Å²) in [6.45, 7) is 3.84. The lowest BCUT2D eigenvalue weighted by atomic mass is 10.0. The van der Waals surface area contributed by atoms with Crippen LogP contribution in [-0.2, 0) is 11.3 Å². The lowest BCUT2D eigenvalue weighted by molar-refractivity contribution is -0.122. The van der Waals surface area contributed by atoms with Crippen molar-refractivity contribution >= 4 is 5.91 Å². The van der Waals surface area contributed by atoms with Gasteiger partial charge >= 0.3 is 5.69 Å². The monoisotopic (exact) mass is 253 g/mol. The van der Waals surface area contributed by atoms with Gasteiger partial charge < -0.3 is 10.4 Å². The van der Waals surface area contributed by atoms with Crippen molar-refractivity contribution in [2.24, 2.45) is 5.92 Å². The van der Waals surface area contributed by atoms with Gasteiger partial charge in [-0.15, -0.1) is 0 Å². The number of hydrogen-bond donors (Lipinski definition) is 2. The minimum absolute atomic E-state index is 0.0821. The lowest BCUT2D eigenvalue weighted by Gasteiger charge is -2.18. The van der Waals surface area contributed by atoms with Crippen molar-refractivity contribution < 1.29 is 9.90 Å². The Kier molecular flexibility index (Phi) is 5.51. The van der Waals surface area contributed by atoms with Crippen molar-refractivity contribution in [2.45, 2.75) is 32.9 Å². The molecule has 0 bridgehead atoms. The molecule has 0 spiro atoms. The van der Waals surface area contributed by atoms with E-state index >= 15 is 0 Å². The van der Waals surface area contributed by atoms with Gasteiger partial charge in [0.05, 0.1) is 12.6 Å². The summed E-state index contributed by atoms with van der Waals surface area (Å²) in [5.74, 6) is 0.0772. The lowest BCUT2D eigenvalue weighted by Crippen LogP contribution is -2.41. The Balaban J connectivity index is 2.56. The third-order valence-electron chi connectivity index (χ3n) is 2.44. The van der Waals surface area contributed by atoms with Crippen molar-refractivity contribution in [3.8, 4) is 0 Å². The molecule has 0 saturated carbocycles. The van der Waals surface area contributed by atoms with E-state index in [2.05, 4.69) is 10.3 Å². The molecule has 1 aromatic heterocycles. The molecule has 18 heavy (non-hydrogen) atoms. The average molecular weight is 253 g/mol. The third-order valence-corrected chi connectivity index (χ3v) is 2.44. The topological polar surface area (TPSA) is 84.2 Å². The molecule has 1 aromatic rings. The Morgan fingerprint density at radius 1 is 1.56 bits per heavy atom. The summed E-state index contributed by atoms with van der Waals surface area (Å²) >= 11 is 0. The smallest absolute Gasteiger partial charge is 0.347 e. The fraction of sp³-hybridized carbons (Fsp3) is 0.583. The predicted octanol–water partition coefficient (Wildman–Crippen LogP) is -0.234. The first-order chi connectivity index (χ1) is 8.52. The van der Waals surface area contributed by atoms with Crippen molar-refractivity contribution in [3.63, 3.8) is 0 Å². The third kappa shape index (κ3) is 4.67. The molecule has 0 aliphatic carbocycles. The summed E-state index contributed by atoms with van der Waals surface area (Å²) < 4.78 is 1.22. The molecule has 1 heterocycles. The Morgan fingerprint density at radius 3 is 2.83 bits per heavy atom. The Hall–Kier alpha value is -1.69. The van der Waals surface area contributed by atoms with Gasteiger partial charge in [-0.3, -0.25) is 9.36 Å². The number of hydrogen-bond acceptors (Lipinski definition) is 4. The van der Waals surface area contributed by atoms with Crippen LogP contribution < -0.4 is 11.0 Å². The van der Waals surface area contributed by atoms with Crippen molar-refractivity contribution in [1.82, 2.24) is 14.9 Å². The summed E-state index contributed by atoms with van der Waals surface area (Å²) in [7, 11) is 0. The van der Waals surface area contributed by atoms with Gasteiger partial charge in [0.25, 0.3) is 0 Å². The first-order valence-electron chi connectivity index (χ1n) is 5.94. The van der Waals surface area contributed by atoms with E-state index in [1.807, 2.05) is 13.8 Å². The van der Waals surface area contributed by atoms with E-state index in [0.29, 0.717) is 12.3 Å². The van der Waals surface area contributed by atoms with Crippen LogP contribution in [-0.4, -0.2) is 33.2 Å². The van der Waals surface area contributed by atoms with Gasteiger partial charge in [0.15, 0.2) is 0 Å². The number of amides is 1. The van der Waals surface area contributed by atoms with E-state index in [1.54, 1.807) is 6.07 Å². The maximum atomic E-state index is 11.7. The molecule has 0 aromatic carbocycles. The first kappa shape index (κ1) is 14.4. The summed E-state index contributed by atoms with van der Waals surface area (Å²) in [6, 6.07) is 1.32. The predicted molar refractivity (Wildman–Crippen MR) is 67.0 cm³/mol. The van der Waals surface area contributed by atoms with Crippen LogP contribution in [0.4, 0.5) is 0 Å². The van der Waals surface area contributed by atoms with E-state index in [9.17, 15) is 9.59 Å². The number of carbonyl (C=O) groups excluding carboxylic acids is 1. The molecule has 100 valence electrons. The molecule has 1 rings (SSSR count). The zero-order valence-electron chi connectivity index (χ0n) is 10.7. The van der Waals surface area contributed by atoms with E-state index in [0.717, 1.165) is 0 Å². The van der Waals surface area contributed by atoms with Gasteiger partial charge in [0, 0.05) is 12.4 Å². The molecule has 0 saturated heterocycles. The zero-order chi connectivity index (χ0) is 13.5. The first-order valence-corrected chi connectivity index (χ1v) is 5.94. The number of carbonyl (C=O) groups is 1. The van der Waals surface area contributed by atoms with Gasteiger partial charge in [-0.2, -0.15) is 0 Å². The summed E-state index contributed by atoms with van der Waals surface area (Å²) in [4.78, 5) is 26.6. The van der Waals surface area contributed by atoms with Crippen molar-refractivity contribution in [1.29, 1.82) is 0 Å². The number of aliphatic hydroxyl groups excluding tert-OH is 1. The number of aliphatic hydroxyl groups is 1. The van der Waals surface area contributed by atoms with E-state index in [1.165, 1.54) is 17.0 Å². The number of rotatable bonds is 6. The summed E-state index contributed by atoms with van der Waals surface area (Å²) in [6.07, 6.45) is 3.58. The minimum atomic E-state index is -0.461. The van der Waals surface area contributed by atoms with Gasteiger partial charge in [0.1, 0.15) is 6.54 Å². The fourth-order valence-corrected chi connectivity index (χ4v) is 1.68. The van der Waals surface area contributed by atoms with Gasteiger partial charge in [-0.05, 0) is 18.4 Å². The van der Waals surface area contributed by atoms with Crippen LogP contribution in [0.3, 0.4) is 0 Å². The van der Waals surface area contributed by atoms with Gasteiger partial charge in [-0.25, -0.2) is 9.78 Å². The van der Waals surface area contributed by atoms with E-state index in [-0.39, 0.29) is 25.1 Å². The minimum Gasteiger partial charge on any atom is -0.394 e. The highest BCUT2D eigenvalue weighted by Gasteiger charge is 2.13. The summed E-state index contributed by atoms with van der Waals surface area (Å²) in [5, 5.41) is 11.8. The number of nitrogens with zero attached hydrogens (tertiary/aromatic N) is 2. The molecule has 6 heteroatoms. The van der Waals surface area contributed by atoms with Gasteiger partial charge in [0.2, 0.25) is 5.91 Å². The molecule has 1 unspecified atom stereocenters. The molecule has 6 nitrogen and oxygen atoms in total. The maximum absolute atomic E-state index is 11.7. The van der Waals surface area contributed by atoms with Crippen LogP contribution in [0.25, 0.3) is 0 Å². The largest absolute Gasteiger partial charge is 0.394 e. The molecule has 1 amide bonds. The highest BCUT2D eigenvalue weighted by molar-refractivity contribution is 5.76. The van der Waals surface area contributed by atoms with Crippen LogP contribution in [0, 0.1) is 5.92 Å². The average Bonchev–Trinajstić information content (AvgIpc) is 2.30. The fourth-order valence-electron chi connectivity index (χ4n) is 1.68. The highest BCUT2D eigenvalue weighted by Crippen LogP contribution is 2.03. The van der Waals surface area contributed by atoms with Crippen LogP contribution in [0.2, 0.25) is 0 Å². The molecule has 1 atom stereocenters. The molecular weight excluding hydrogens is 234 g/mol. The van der Waals surface area contributed by atoms with Crippen molar-refractivity contribution in [3.05, 3.63) is 28.9 Å². The normalized spacial score (nSPS) is 12.4. The van der Waals surface area contributed by atoms with Crippen LogP contribution in [0.5, 0.6) is 0 Å². The van der Waals surface area contributed by atoms with E-state index < -0.39 is 5.69 Å². The SMILES string of the molecule is CC(C)CC(CO)NC(=O)Cn1cccnc1=O. The Bertz CT molecular complexity index is 442. The maximum Gasteiger partial charge on any atom is 0.347 e. The zero-order valence-corrected chi connectivity index (χ0v) is 10.7. The molecule has 2 N–H and O–H groups in total. The van der Waals surface area contributed by atoms with Crippen LogP contribution in [0.15, 0.2) is 23.3 Å². The van der Waals surface area contributed by atoms with Crippen molar-refractivity contribution in [2.75, 3.05) is 6.61 Å². The quantitative estimate of drug-likeness (QED) is 0.733. The van der Waals surface area contributed by atoms with Crippen LogP contribution in [0.1, 0.15) is 20.3 Å². The second kappa shape index (κ2) is 6.90. The molecule has 0 aliphatic rings. The highest BCUT2D eigenvalue weighted by atomic mass is 16.3. The van der Waals surface area contributed by atoms with E-state index in [4.69, 9.17) is 5.11 Å². The Morgan fingerprint density at radius 2 is 2.28 bits per heavy atom. The molecule has 0 radical (unpaired) electrons.